The predicted molar refractivity (Wildman–Crippen MR) is 118 cm³/mol. The molecule has 154 valence electrons. The number of nitrogens with zero attached hydrogens (tertiary/aromatic N) is 5. The van der Waals surface area contributed by atoms with Gasteiger partial charge in [-0.25, -0.2) is 14.8 Å². The number of hydrogen-bond donors (Lipinski definition) is 1. The standard InChI is InChI=1S/C21H22N6O2S/c1-3-29-20(28)14-12-23-21(24-19(14)18-7-5-9-30-18)26-25-16-10-13-6-4-8-27(2)17(13)11-15(16)22/h5,7,9-12H,3-4,6,8,22H2,1-2H3. The summed E-state index contributed by atoms with van der Waals surface area (Å²) in [5.74, 6) is -0.312. The molecular weight excluding hydrogens is 400 g/mol. The summed E-state index contributed by atoms with van der Waals surface area (Å²) >= 11 is 1.47. The van der Waals surface area contributed by atoms with Gasteiger partial charge in [0.25, 0.3) is 5.95 Å². The molecule has 30 heavy (non-hydrogen) atoms. The number of thiophene rings is 1. The van der Waals surface area contributed by atoms with E-state index in [1.165, 1.54) is 23.1 Å². The summed E-state index contributed by atoms with van der Waals surface area (Å²) < 4.78 is 5.12. The summed E-state index contributed by atoms with van der Waals surface area (Å²) in [6, 6.07) is 7.68. The van der Waals surface area contributed by atoms with Gasteiger partial charge in [0.1, 0.15) is 16.9 Å². The van der Waals surface area contributed by atoms with Crippen LogP contribution < -0.4 is 10.6 Å². The third-order valence-corrected chi connectivity index (χ3v) is 5.73. The number of aromatic nitrogens is 2. The van der Waals surface area contributed by atoms with Crippen LogP contribution in [-0.2, 0) is 11.2 Å². The van der Waals surface area contributed by atoms with Crippen molar-refractivity contribution in [1.29, 1.82) is 0 Å². The Morgan fingerprint density at radius 3 is 3.00 bits per heavy atom. The lowest BCUT2D eigenvalue weighted by molar-refractivity contribution is 0.0526. The van der Waals surface area contributed by atoms with Crippen LogP contribution in [0.25, 0.3) is 10.6 Å². The minimum Gasteiger partial charge on any atom is -0.462 e. The first-order chi connectivity index (χ1) is 14.6. The topological polar surface area (TPSA) is 106 Å². The number of aryl methyl sites for hydroxylation is 1. The van der Waals surface area contributed by atoms with Crippen molar-refractivity contribution in [3.63, 3.8) is 0 Å². The van der Waals surface area contributed by atoms with Crippen LogP contribution >= 0.6 is 11.3 Å². The first-order valence-electron chi connectivity index (χ1n) is 9.70. The molecule has 0 bridgehead atoms. The molecule has 0 aliphatic carbocycles. The second-order valence-electron chi connectivity index (χ2n) is 6.89. The fourth-order valence-electron chi connectivity index (χ4n) is 3.38. The Morgan fingerprint density at radius 2 is 2.23 bits per heavy atom. The highest BCUT2D eigenvalue weighted by atomic mass is 32.1. The molecule has 9 heteroatoms. The van der Waals surface area contributed by atoms with Gasteiger partial charge in [-0.3, -0.25) is 0 Å². The Kier molecular flexibility index (Phi) is 5.71. The van der Waals surface area contributed by atoms with Crippen molar-refractivity contribution in [1.82, 2.24) is 9.97 Å². The number of rotatable bonds is 5. The van der Waals surface area contributed by atoms with Crippen LogP contribution in [0.4, 0.5) is 23.0 Å². The van der Waals surface area contributed by atoms with Crippen LogP contribution in [0.15, 0.2) is 46.1 Å². The maximum absolute atomic E-state index is 12.3. The van der Waals surface area contributed by atoms with Gasteiger partial charge in [0.05, 0.1) is 17.2 Å². The average molecular weight is 423 g/mol. The summed E-state index contributed by atoms with van der Waals surface area (Å²) in [5.41, 5.74) is 10.4. The van der Waals surface area contributed by atoms with Crippen molar-refractivity contribution in [3.8, 4) is 10.6 Å². The summed E-state index contributed by atoms with van der Waals surface area (Å²) in [4.78, 5) is 23.9. The molecule has 0 saturated heterocycles. The van der Waals surface area contributed by atoms with Gasteiger partial charge in [-0.1, -0.05) is 6.07 Å². The summed E-state index contributed by atoms with van der Waals surface area (Å²) in [6.07, 6.45) is 3.50. The smallest absolute Gasteiger partial charge is 0.341 e. The zero-order valence-electron chi connectivity index (χ0n) is 16.8. The van der Waals surface area contributed by atoms with E-state index in [-0.39, 0.29) is 12.6 Å². The zero-order chi connectivity index (χ0) is 21.1. The van der Waals surface area contributed by atoms with Gasteiger partial charge in [-0.15, -0.1) is 21.6 Å². The van der Waals surface area contributed by atoms with Crippen LogP contribution in [-0.4, -0.2) is 36.1 Å². The number of azo groups is 1. The number of hydrogen-bond acceptors (Lipinski definition) is 9. The Hall–Kier alpha value is -3.33. The molecule has 0 spiro atoms. The van der Waals surface area contributed by atoms with Crippen LogP contribution in [0.1, 0.15) is 29.3 Å². The molecule has 4 rings (SSSR count). The van der Waals surface area contributed by atoms with E-state index in [2.05, 4.69) is 32.1 Å². The number of anilines is 2. The van der Waals surface area contributed by atoms with E-state index in [0.717, 1.165) is 30.0 Å². The van der Waals surface area contributed by atoms with E-state index in [4.69, 9.17) is 10.5 Å². The zero-order valence-corrected chi connectivity index (χ0v) is 17.6. The Balaban J connectivity index is 1.68. The summed E-state index contributed by atoms with van der Waals surface area (Å²) in [6.45, 7) is 3.04. The van der Waals surface area contributed by atoms with E-state index in [1.54, 1.807) is 6.92 Å². The molecule has 0 fully saturated rings. The van der Waals surface area contributed by atoms with E-state index in [1.807, 2.05) is 29.6 Å². The largest absolute Gasteiger partial charge is 0.462 e. The number of benzene rings is 1. The molecule has 2 N–H and O–H groups in total. The number of esters is 1. The van der Waals surface area contributed by atoms with Gasteiger partial charge in [0.15, 0.2) is 0 Å². The third-order valence-electron chi connectivity index (χ3n) is 4.85. The van der Waals surface area contributed by atoms with Gasteiger partial charge in [0.2, 0.25) is 0 Å². The molecule has 8 nitrogen and oxygen atoms in total. The maximum Gasteiger partial charge on any atom is 0.341 e. The lowest BCUT2D eigenvalue weighted by atomic mass is 10.0. The Bertz CT molecular complexity index is 1100. The molecule has 3 heterocycles. The Morgan fingerprint density at radius 1 is 1.37 bits per heavy atom. The van der Waals surface area contributed by atoms with Crippen molar-refractivity contribution in [2.75, 3.05) is 30.8 Å². The quantitative estimate of drug-likeness (QED) is 0.361. The Labute approximate surface area is 178 Å². The fourth-order valence-corrected chi connectivity index (χ4v) is 4.11. The molecule has 0 atom stereocenters. The van der Waals surface area contributed by atoms with Crippen LogP contribution in [0.3, 0.4) is 0 Å². The monoisotopic (exact) mass is 422 g/mol. The van der Waals surface area contributed by atoms with Crippen LogP contribution in [0.5, 0.6) is 0 Å². The van der Waals surface area contributed by atoms with Crippen molar-refractivity contribution in [2.45, 2.75) is 19.8 Å². The number of nitrogens with two attached hydrogens (primary N) is 1. The highest BCUT2D eigenvalue weighted by molar-refractivity contribution is 7.13. The minimum atomic E-state index is -0.465. The SMILES string of the molecule is CCOC(=O)c1cnc(N=Nc2cc3c(cc2N)N(C)CCC3)nc1-c1cccs1. The number of ether oxygens (including phenoxy) is 1. The van der Waals surface area contributed by atoms with Crippen molar-refractivity contribution in [2.24, 2.45) is 10.2 Å². The molecule has 1 aliphatic rings. The molecule has 0 amide bonds. The molecule has 1 aromatic carbocycles. The summed E-state index contributed by atoms with van der Waals surface area (Å²) in [5, 5.41) is 10.4. The van der Waals surface area contributed by atoms with Gasteiger partial charge in [0, 0.05) is 25.5 Å². The van der Waals surface area contributed by atoms with Gasteiger partial charge in [-0.05, 0) is 48.9 Å². The van der Waals surface area contributed by atoms with Crippen molar-refractivity contribution < 1.29 is 9.53 Å². The lowest BCUT2D eigenvalue weighted by Crippen LogP contribution is -2.24. The number of carbonyl (C=O) groups excluding carboxylic acids is 1. The molecule has 3 aromatic rings. The number of carbonyl (C=O) groups is 1. The second-order valence-corrected chi connectivity index (χ2v) is 7.84. The molecular formula is C21H22N6O2S. The van der Waals surface area contributed by atoms with Crippen LogP contribution in [0.2, 0.25) is 0 Å². The first-order valence-corrected chi connectivity index (χ1v) is 10.6. The van der Waals surface area contributed by atoms with E-state index < -0.39 is 5.97 Å². The van der Waals surface area contributed by atoms with E-state index in [9.17, 15) is 4.79 Å². The molecule has 2 aromatic heterocycles. The van der Waals surface area contributed by atoms with Gasteiger partial charge in [-0.2, -0.15) is 0 Å². The number of fused-ring (bicyclic) bond motifs is 1. The van der Waals surface area contributed by atoms with E-state index in [0.29, 0.717) is 22.6 Å². The van der Waals surface area contributed by atoms with Gasteiger partial charge >= 0.3 is 5.97 Å². The highest BCUT2D eigenvalue weighted by Gasteiger charge is 2.19. The highest BCUT2D eigenvalue weighted by Crippen LogP contribution is 2.35. The predicted octanol–water partition coefficient (Wildman–Crippen LogP) is 4.76. The second kappa shape index (κ2) is 8.58. The molecule has 0 unspecified atom stereocenters. The minimum absolute atomic E-state index is 0.153. The maximum atomic E-state index is 12.3. The van der Waals surface area contributed by atoms with Crippen molar-refractivity contribution >= 4 is 40.3 Å². The first kappa shape index (κ1) is 20.0. The van der Waals surface area contributed by atoms with Crippen molar-refractivity contribution in [3.05, 3.63) is 47.0 Å². The average Bonchev–Trinajstić information content (AvgIpc) is 3.28. The lowest BCUT2D eigenvalue weighted by Gasteiger charge is -2.28. The molecule has 0 saturated carbocycles. The van der Waals surface area contributed by atoms with Gasteiger partial charge < -0.3 is 15.4 Å². The third kappa shape index (κ3) is 4.02. The van der Waals surface area contributed by atoms with E-state index >= 15 is 0 Å². The normalized spacial score (nSPS) is 13.5. The summed E-state index contributed by atoms with van der Waals surface area (Å²) in [7, 11) is 2.06. The number of nitrogen functional groups attached to an aromatic ring is 1. The molecule has 1 aliphatic heterocycles. The molecule has 0 radical (unpaired) electrons. The fraction of sp³-hybridized carbons (Fsp3) is 0.286. The van der Waals surface area contributed by atoms with Crippen LogP contribution in [0, 0.1) is 0 Å².